The second kappa shape index (κ2) is 8.94. The van der Waals surface area contributed by atoms with E-state index in [1.807, 2.05) is 61.5 Å². The van der Waals surface area contributed by atoms with E-state index in [-0.39, 0.29) is 18.6 Å². The van der Waals surface area contributed by atoms with Gasteiger partial charge in [0.25, 0.3) is 0 Å². The number of benzene rings is 3. The van der Waals surface area contributed by atoms with Gasteiger partial charge in [0.1, 0.15) is 12.4 Å². The maximum Gasteiger partial charge on any atom is 0.325 e. The zero-order valence-electron chi connectivity index (χ0n) is 17.7. The molecule has 0 N–H and O–H groups in total. The van der Waals surface area contributed by atoms with Gasteiger partial charge in [-0.15, -0.1) is 0 Å². The molecule has 1 heterocycles. The van der Waals surface area contributed by atoms with Gasteiger partial charge in [-0.2, -0.15) is 0 Å². The Morgan fingerprint density at radius 1 is 1.06 bits per heavy atom. The normalized spacial score (nSPS) is 15.2. The minimum absolute atomic E-state index is 0.0935. The quantitative estimate of drug-likeness (QED) is 0.475. The first kappa shape index (κ1) is 21.1. The van der Waals surface area contributed by atoms with Crippen LogP contribution in [0.5, 0.6) is 0 Å². The summed E-state index contributed by atoms with van der Waals surface area (Å²) in [5, 5.41) is 0. The highest BCUT2D eigenvalue weighted by Gasteiger charge is 2.33. The van der Waals surface area contributed by atoms with Gasteiger partial charge >= 0.3 is 5.97 Å². The Balaban J connectivity index is 1.90. The minimum atomic E-state index is -0.308. The highest BCUT2D eigenvalue weighted by Crippen LogP contribution is 2.41. The van der Waals surface area contributed by atoms with E-state index < -0.39 is 0 Å². The summed E-state index contributed by atoms with van der Waals surface area (Å²) >= 11 is 3.59. The number of rotatable bonds is 5. The van der Waals surface area contributed by atoms with Crippen LogP contribution in [-0.4, -0.2) is 44.5 Å². The summed E-state index contributed by atoms with van der Waals surface area (Å²) in [6, 6.07) is 24.3. The third-order valence-electron chi connectivity index (χ3n) is 5.38. The van der Waals surface area contributed by atoms with Gasteiger partial charge in [-0.3, -0.25) is 4.79 Å². The molecule has 0 amide bonds. The number of anilines is 1. The molecule has 1 atom stereocenters. The largest absolute Gasteiger partial charge is 0.468 e. The van der Waals surface area contributed by atoms with E-state index in [9.17, 15) is 4.79 Å². The van der Waals surface area contributed by atoms with Crippen LogP contribution in [-0.2, 0) is 9.53 Å². The lowest BCUT2D eigenvalue weighted by Gasteiger charge is -2.38. The lowest BCUT2D eigenvalue weighted by Crippen LogP contribution is -2.42. The van der Waals surface area contributed by atoms with Crippen molar-refractivity contribution in [1.82, 2.24) is 4.90 Å². The number of esters is 1. The van der Waals surface area contributed by atoms with Crippen LogP contribution < -0.4 is 4.90 Å². The summed E-state index contributed by atoms with van der Waals surface area (Å²) in [5.74, 6) is 0.441. The van der Waals surface area contributed by atoms with Crippen molar-refractivity contribution in [3.05, 3.63) is 94.0 Å². The molecule has 1 aliphatic heterocycles. The Labute approximate surface area is 191 Å². The van der Waals surface area contributed by atoms with Crippen molar-refractivity contribution in [2.45, 2.75) is 6.04 Å². The highest BCUT2D eigenvalue weighted by atomic mass is 79.9. The Morgan fingerprint density at radius 3 is 2.42 bits per heavy atom. The second-order valence-corrected chi connectivity index (χ2v) is 8.51. The lowest BCUT2D eigenvalue weighted by molar-refractivity contribution is -0.141. The summed E-state index contributed by atoms with van der Waals surface area (Å²) < 4.78 is 6.00. The number of fused-ring (bicyclic) bond motifs is 1. The first-order chi connectivity index (χ1) is 15.0. The predicted octanol–water partition coefficient (Wildman–Crippen LogP) is 5.17. The van der Waals surface area contributed by atoms with Gasteiger partial charge in [0.05, 0.1) is 18.8 Å². The van der Waals surface area contributed by atoms with Gasteiger partial charge in [-0.05, 0) is 48.0 Å². The molecule has 0 aliphatic carbocycles. The summed E-state index contributed by atoms with van der Waals surface area (Å²) in [4.78, 5) is 21.5. The average molecular weight is 478 g/mol. The number of hydrogen-bond donors (Lipinski definition) is 0. The molecule has 31 heavy (non-hydrogen) atoms. The van der Waals surface area contributed by atoms with Crippen molar-refractivity contribution in [3.8, 4) is 0 Å². The summed E-state index contributed by atoms with van der Waals surface area (Å²) in [6.45, 7) is 0.0935. The molecule has 4 rings (SSSR count). The van der Waals surface area contributed by atoms with E-state index in [2.05, 4.69) is 51.2 Å². The number of aliphatic imine (C=N–C) groups is 1. The van der Waals surface area contributed by atoms with Crippen LogP contribution in [0.15, 0.2) is 82.3 Å². The van der Waals surface area contributed by atoms with Crippen LogP contribution in [0, 0.1) is 0 Å². The topological polar surface area (TPSA) is 45.1 Å². The highest BCUT2D eigenvalue weighted by molar-refractivity contribution is 9.10. The van der Waals surface area contributed by atoms with Crippen molar-refractivity contribution < 1.29 is 9.53 Å². The molecule has 0 aromatic heterocycles. The van der Waals surface area contributed by atoms with E-state index in [0.717, 1.165) is 38.4 Å². The van der Waals surface area contributed by atoms with Crippen molar-refractivity contribution in [2.75, 3.05) is 32.6 Å². The van der Waals surface area contributed by atoms with Gasteiger partial charge < -0.3 is 14.5 Å². The standard InChI is InChI=1S/C25H24BrN3O2/c1-28(2)20-12-9-18(10-13-20)25-27-22-14-11-19(26)15-21(22)24(17-7-5-4-6-8-17)29(25)16-23(30)31-3/h4-15,24H,16H2,1-3H3/t24-/m0/s1. The Bertz CT molecular complexity index is 1110. The smallest absolute Gasteiger partial charge is 0.325 e. The molecule has 5 nitrogen and oxygen atoms in total. The van der Waals surface area contributed by atoms with Gasteiger partial charge in [-0.1, -0.05) is 46.3 Å². The summed E-state index contributed by atoms with van der Waals surface area (Å²) in [6.07, 6.45) is 0. The maximum atomic E-state index is 12.4. The zero-order valence-corrected chi connectivity index (χ0v) is 19.3. The molecule has 6 heteroatoms. The lowest BCUT2D eigenvalue weighted by atomic mass is 9.93. The van der Waals surface area contributed by atoms with Crippen molar-refractivity contribution >= 4 is 39.1 Å². The van der Waals surface area contributed by atoms with Crippen LogP contribution >= 0.6 is 15.9 Å². The number of methoxy groups -OCH3 is 1. The number of halogens is 1. The Hall–Kier alpha value is -3.12. The first-order valence-corrected chi connectivity index (χ1v) is 10.8. The van der Waals surface area contributed by atoms with Crippen LogP contribution in [0.1, 0.15) is 22.7 Å². The van der Waals surface area contributed by atoms with Gasteiger partial charge in [-0.25, -0.2) is 4.99 Å². The van der Waals surface area contributed by atoms with E-state index in [0.29, 0.717) is 0 Å². The number of amidine groups is 1. The van der Waals surface area contributed by atoms with Crippen molar-refractivity contribution in [1.29, 1.82) is 0 Å². The van der Waals surface area contributed by atoms with Gasteiger partial charge in [0, 0.05) is 35.4 Å². The predicted molar refractivity (Wildman–Crippen MR) is 128 cm³/mol. The molecule has 0 bridgehead atoms. The van der Waals surface area contributed by atoms with E-state index in [1.165, 1.54) is 7.11 Å². The SMILES string of the molecule is COC(=O)CN1C(c2ccc(N(C)C)cc2)=Nc2ccc(Br)cc2[C@@H]1c1ccccc1. The molecule has 0 spiro atoms. The molecule has 158 valence electrons. The molecule has 0 radical (unpaired) electrons. The van der Waals surface area contributed by atoms with Crippen LogP contribution in [0.2, 0.25) is 0 Å². The Morgan fingerprint density at radius 2 is 1.77 bits per heavy atom. The molecular weight excluding hydrogens is 454 g/mol. The number of carbonyl (C=O) groups is 1. The monoisotopic (exact) mass is 477 g/mol. The average Bonchev–Trinajstić information content (AvgIpc) is 2.79. The Kier molecular flexibility index (Phi) is 6.09. The number of ether oxygens (including phenoxy) is 1. The van der Waals surface area contributed by atoms with Gasteiger partial charge in [0.2, 0.25) is 0 Å². The van der Waals surface area contributed by atoms with Crippen molar-refractivity contribution in [2.24, 2.45) is 4.99 Å². The van der Waals surface area contributed by atoms with E-state index in [1.54, 1.807) is 0 Å². The zero-order chi connectivity index (χ0) is 22.0. The molecule has 0 saturated carbocycles. The molecule has 3 aromatic carbocycles. The van der Waals surface area contributed by atoms with E-state index in [4.69, 9.17) is 9.73 Å². The van der Waals surface area contributed by atoms with Crippen LogP contribution in [0.4, 0.5) is 11.4 Å². The molecule has 1 aliphatic rings. The molecule has 0 saturated heterocycles. The van der Waals surface area contributed by atoms with Crippen molar-refractivity contribution in [3.63, 3.8) is 0 Å². The second-order valence-electron chi connectivity index (χ2n) is 7.60. The molecular formula is C25H24BrN3O2. The van der Waals surface area contributed by atoms with Crippen LogP contribution in [0.3, 0.4) is 0 Å². The van der Waals surface area contributed by atoms with Gasteiger partial charge in [0.15, 0.2) is 0 Å². The maximum absolute atomic E-state index is 12.4. The first-order valence-electron chi connectivity index (χ1n) is 10.0. The number of hydrogen-bond acceptors (Lipinski definition) is 5. The molecule has 3 aromatic rings. The third kappa shape index (κ3) is 4.35. The fraction of sp³-hybridized carbons (Fsp3) is 0.200. The van der Waals surface area contributed by atoms with Crippen LogP contribution in [0.25, 0.3) is 0 Å². The fourth-order valence-electron chi connectivity index (χ4n) is 3.82. The third-order valence-corrected chi connectivity index (χ3v) is 5.87. The molecule has 0 unspecified atom stereocenters. The number of nitrogens with zero attached hydrogens (tertiary/aromatic N) is 3. The summed E-state index contributed by atoms with van der Waals surface area (Å²) in [5.41, 5.74) is 5.07. The summed E-state index contributed by atoms with van der Waals surface area (Å²) in [7, 11) is 5.43. The number of carbonyl (C=O) groups excluding carboxylic acids is 1. The molecule has 0 fully saturated rings. The van der Waals surface area contributed by atoms with E-state index >= 15 is 0 Å². The minimum Gasteiger partial charge on any atom is -0.468 e. The fourth-order valence-corrected chi connectivity index (χ4v) is 4.20.